The van der Waals surface area contributed by atoms with E-state index in [9.17, 15) is 19.5 Å². The summed E-state index contributed by atoms with van der Waals surface area (Å²) in [6, 6.07) is 16.3. The van der Waals surface area contributed by atoms with Crippen molar-refractivity contribution >= 4 is 18.0 Å². The van der Waals surface area contributed by atoms with Gasteiger partial charge in [0.05, 0.1) is 0 Å². The second-order valence-electron chi connectivity index (χ2n) is 9.81. The van der Waals surface area contributed by atoms with Crippen molar-refractivity contribution in [3.8, 4) is 11.1 Å². The van der Waals surface area contributed by atoms with Crippen molar-refractivity contribution in [3.05, 3.63) is 59.7 Å². The lowest BCUT2D eigenvalue weighted by Crippen LogP contribution is -2.47. The Balaban J connectivity index is 1.31. The van der Waals surface area contributed by atoms with Crippen LogP contribution in [0.3, 0.4) is 0 Å². The van der Waals surface area contributed by atoms with Crippen LogP contribution in [-0.4, -0.2) is 53.7 Å². The summed E-state index contributed by atoms with van der Waals surface area (Å²) in [4.78, 5) is 37.9. The van der Waals surface area contributed by atoms with Crippen molar-refractivity contribution in [2.45, 2.75) is 44.6 Å². The molecule has 0 aromatic heterocycles. The minimum Gasteiger partial charge on any atom is -0.479 e. The van der Waals surface area contributed by atoms with E-state index < -0.39 is 23.0 Å². The maximum Gasteiger partial charge on any atom is 0.407 e. The molecule has 2 amide bonds. The zero-order valence-corrected chi connectivity index (χ0v) is 19.3. The fourth-order valence-corrected chi connectivity index (χ4v) is 4.60. The van der Waals surface area contributed by atoms with Gasteiger partial charge < -0.3 is 20.1 Å². The van der Waals surface area contributed by atoms with Crippen LogP contribution in [0.4, 0.5) is 4.79 Å². The van der Waals surface area contributed by atoms with Crippen molar-refractivity contribution in [1.29, 1.82) is 0 Å². The van der Waals surface area contributed by atoms with E-state index in [1.54, 1.807) is 7.05 Å². The molecule has 2 aromatic carbocycles. The highest BCUT2D eigenvalue weighted by Crippen LogP contribution is 2.44. The Hall–Kier alpha value is -3.35. The number of hydrogen-bond acceptors (Lipinski definition) is 4. The van der Waals surface area contributed by atoms with Gasteiger partial charge in [-0.25, -0.2) is 9.59 Å². The third kappa shape index (κ3) is 4.45. The fraction of sp³-hybridized carbons (Fsp3) is 0.423. The molecule has 7 heteroatoms. The summed E-state index contributed by atoms with van der Waals surface area (Å²) in [7, 11) is 1.54. The molecule has 4 rings (SSSR count). The molecule has 33 heavy (non-hydrogen) atoms. The number of amides is 2. The first-order valence-electron chi connectivity index (χ1n) is 11.2. The monoisotopic (exact) mass is 450 g/mol. The number of fused-ring (bicyclic) bond motifs is 3. The summed E-state index contributed by atoms with van der Waals surface area (Å²) in [5, 5.41) is 12.2. The van der Waals surface area contributed by atoms with E-state index in [4.69, 9.17) is 4.74 Å². The van der Waals surface area contributed by atoms with E-state index in [0.29, 0.717) is 12.8 Å². The molecule has 1 saturated carbocycles. The van der Waals surface area contributed by atoms with Gasteiger partial charge in [0.25, 0.3) is 0 Å². The molecule has 2 N–H and O–H groups in total. The SMILES string of the molecule is CN(C(=O)CC(C)(C)CNC(=O)OCC1c2ccccc2-c2ccccc21)C1(C(=O)O)CC1. The number of nitrogens with one attached hydrogen (secondary N) is 1. The molecule has 0 spiro atoms. The molecule has 2 aliphatic rings. The van der Waals surface area contributed by atoms with Gasteiger partial charge in [-0.2, -0.15) is 0 Å². The summed E-state index contributed by atoms with van der Waals surface area (Å²) in [6.07, 6.45) is 0.545. The largest absolute Gasteiger partial charge is 0.479 e. The van der Waals surface area contributed by atoms with E-state index in [1.807, 2.05) is 38.1 Å². The zero-order valence-electron chi connectivity index (χ0n) is 19.3. The molecule has 0 atom stereocenters. The molecule has 0 saturated heterocycles. The van der Waals surface area contributed by atoms with Gasteiger partial charge >= 0.3 is 12.1 Å². The van der Waals surface area contributed by atoms with Crippen molar-refractivity contribution in [2.75, 3.05) is 20.2 Å². The molecule has 0 radical (unpaired) electrons. The predicted molar refractivity (Wildman–Crippen MR) is 124 cm³/mol. The average Bonchev–Trinajstić information content (AvgIpc) is 3.54. The lowest BCUT2D eigenvalue weighted by molar-refractivity contribution is -0.151. The maximum absolute atomic E-state index is 12.6. The molecular formula is C26H30N2O5. The van der Waals surface area contributed by atoms with Crippen LogP contribution in [-0.2, 0) is 14.3 Å². The number of nitrogens with zero attached hydrogens (tertiary/aromatic N) is 1. The molecule has 2 aliphatic carbocycles. The van der Waals surface area contributed by atoms with E-state index in [1.165, 1.54) is 16.0 Å². The third-order valence-corrected chi connectivity index (χ3v) is 6.82. The Bertz CT molecular complexity index is 1040. The molecule has 7 nitrogen and oxygen atoms in total. The van der Waals surface area contributed by atoms with Gasteiger partial charge in [-0.1, -0.05) is 62.4 Å². The number of ether oxygens (including phenoxy) is 1. The number of alkyl carbamates (subject to hydrolysis) is 1. The van der Waals surface area contributed by atoms with Gasteiger partial charge in [0.2, 0.25) is 5.91 Å². The molecule has 2 aromatic rings. The standard InChI is InChI=1S/C26H30N2O5/c1-25(2,14-22(29)28(3)26(12-13-26)23(30)31)16-27-24(32)33-15-21-19-10-6-4-8-17(19)18-9-5-7-11-20(18)21/h4-11,21H,12-16H2,1-3H3,(H,27,32)(H,30,31). The van der Waals surface area contributed by atoms with E-state index in [0.717, 1.165) is 11.1 Å². The molecule has 0 unspecified atom stereocenters. The molecule has 0 aliphatic heterocycles. The number of hydrogen-bond donors (Lipinski definition) is 2. The molecular weight excluding hydrogens is 420 g/mol. The van der Waals surface area contributed by atoms with Crippen LogP contribution < -0.4 is 5.32 Å². The second-order valence-corrected chi connectivity index (χ2v) is 9.81. The molecule has 174 valence electrons. The Labute approximate surface area is 193 Å². The highest BCUT2D eigenvalue weighted by molar-refractivity contribution is 5.89. The number of aliphatic carboxylic acids is 1. The van der Waals surface area contributed by atoms with Crippen molar-refractivity contribution in [3.63, 3.8) is 0 Å². The van der Waals surface area contributed by atoms with Gasteiger partial charge in [0.15, 0.2) is 0 Å². The number of rotatable bonds is 8. The zero-order chi connectivity index (χ0) is 23.8. The summed E-state index contributed by atoms with van der Waals surface area (Å²) in [5.41, 5.74) is 3.01. The lowest BCUT2D eigenvalue weighted by atomic mass is 9.88. The number of carboxylic acids is 1. The van der Waals surface area contributed by atoms with Gasteiger partial charge in [-0.15, -0.1) is 0 Å². The van der Waals surface area contributed by atoms with Crippen LogP contribution >= 0.6 is 0 Å². The van der Waals surface area contributed by atoms with Crippen LogP contribution in [0.5, 0.6) is 0 Å². The van der Waals surface area contributed by atoms with E-state index in [2.05, 4.69) is 29.6 Å². The topological polar surface area (TPSA) is 95.9 Å². The first kappa shape index (κ1) is 22.8. The normalized spacial score (nSPS) is 15.8. The summed E-state index contributed by atoms with van der Waals surface area (Å²) >= 11 is 0. The lowest BCUT2D eigenvalue weighted by Gasteiger charge is -2.30. The summed E-state index contributed by atoms with van der Waals surface area (Å²) in [6.45, 7) is 4.19. The highest BCUT2D eigenvalue weighted by atomic mass is 16.5. The maximum atomic E-state index is 12.6. The Morgan fingerprint density at radius 2 is 1.61 bits per heavy atom. The molecule has 1 fully saturated rings. The number of carbonyl (C=O) groups excluding carboxylic acids is 2. The van der Waals surface area contributed by atoms with Crippen LogP contribution in [0, 0.1) is 5.41 Å². The number of carbonyl (C=O) groups is 3. The Morgan fingerprint density at radius 1 is 1.06 bits per heavy atom. The number of likely N-dealkylation sites (N-methyl/N-ethyl adjacent to an activating group) is 1. The molecule has 0 heterocycles. The fourth-order valence-electron chi connectivity index (χ4n) is 4.60. The average molecular weight is 451 g/mol. The van der Waals surface area contributed by atoms with Gasteiger partial charge in [-0.3, -0.25) is 4.79 Å². The number of carboxylic acid groups (broad SMARTS) is 1. The minimum atomic E-state index is -1.06. The summed E-state index contributed by atoms with van der Waals surface area (Å²) in [5.74, 6) is -1.22. The quantitative estimate of drug-likeness (QED) is 0.633. The van der Waals surface area contributed by atoms with E-state index in [-0.39, 0.29) is 31.4 Å². The Kier molecular flexibility index (Phi) is 5.91. The van der Waals surface area contributed by atoms with Crippen LogP contribution in [0.1, 0.15) is 50.2 Å². The second kappa shape index (κ2) is 8.54. The van der Waals surface area contributed by atoms with Gasteiger partial charge in [-0.05, 0) is 40.5 Å². The van der Waals surface area contributed by atoms with Gasteiger partial charge in [0.1, 0.15) is 12.1 Å². The summed E-state index contributed by atoms with van der Waals surface area (Å²) < 4.78 is 5.56. The third-order valence-electron chi connectivity index (χ3n) is 6.82. The van der Waals surface area contributed by atoms with E-state index >= 15 is 0 Å². The number of benzene rings is 2. The first-order valence-corrected chi connectivity index (χ1v) is 11.2. The van der Waals surface area contributed by atoms with Crippen LogP contribution in [0.25, 0.3) is 11.1 Å². The van der Waals surface area contributed by atoms with Crippen molar-refractivity contribution < 1.29 is 24.2 Å². The Morgan fingerprint density at radius 3 is 2.12 bits per heavy atom. The van der Waals surface area contributed by atoms with Crippen molar-refractivity contribution in [1.82, 2.24) is 10.2 Å². The highest BCUT2D eigenvalue weighted by Gasteiger charge is 2.55. The van der Waals surface area contributed by atoms with Crippen molar-refractivity contribution in [2.24, 2.45) is 5.41 Å². The van der Waals surface area contributed by atoms with Gasteiger partial charge in [0, 0.05) is 25.9 Å². The van der Waals surface area contributed by atoms with Crippen LogP contribution in [0.2, 0.25) is 0 Å². The minimum absolute atomic E-state index is 0.0165. The first-order chi connectivity index (χ1) is 15.6. The smallest absolute Gasteiger partial charge is 0.407 e. The predicted octanol–water partition coefficient (Wildman–Crippen LogP) is 4.02. The van der Waals surface area contributed by atoms with Crippen LogP contribution in [0.15, 0.2) is 48.5 Å². The molecule has 0 bridgehead atoms.